The summed E-state index contributed by atoms with van der Waals surface area (Å²) in [6, 6.07) is 15.3. The summed E-state index contributed by atoms with van der Waals surface area (Å²) >= 11 is 0. The van der Waals surface area contributed by atoms with Crippen molar-refractivity contribution in [2.24, 2.45) is 11.8 Å². The molecule has 0 saturated heterocycles. The molecule has 5 heteroatoms. The first-order valence-electron chi connectivity index (χ1n) is 14.8. The molecule has 2 aliphatic carbocycles. The number of hydrogen-bond donors (Lipinski definition) is 1. The van der Waals surface area contributed by atoms with Crippen LogP contribution < -0.4 is 0 Å². The minimum atomic E-state index is -0.998. The molecule has 40 heavy (non-hydrogen) atoms. The molecule has 5 nitrogen and oxygen atoms in total. The second-order valence-electron chi connectivity index (χ2n) is 11.7. The highest BCUT2D eigenvalue weighted by Crippen LogP contribution is 2.47. The minimum absolute atomic E-state index is 0.00572. The molecular formula is C35H44O5. The molecule has 0 spiro atoms. The van der Waals surface area contributed by atoms with E-state index in [1.54, 1.807) is 6.92 Å². The average molecular weight is 545 g/mol. The van der Waals surface area contributed by atoms with Crippen LogP contribution in [0.1, 0.15) is 87.8 Å². The van der Waals surface area contributed by atoms with E-state index in [1.165, 1.54) is 67.7 Å². The molecule has 1 N–H and O–H groups in total. The minimum Gasteiger partial charge on any atom is -0.462 e. The Balaban J connectivity index is 1.48. The lowest BCUT2D eigenvalue weighted by Crippen LogP contribution is -2.22. The average Bonchev–Trinajstić information content (AvgIpc) is 3.82. The van der Waals surface area contributed by atoms with Gasteiger partial charge in [0, 0.05) is 5.57 Å². The third-order valence-electron chi connectivity index (χ3n) is 8.68. The lowest BCUT2D eigenvalue weighted by atomic mass is 9.77. The third-order valence-corrected chi connectivity index (χ3v) is 8.68. The molecule has 2 fully saturated rings. The number of aryl methyl sites for hydroxylation is 1. The van der Waals surface area contributed by atoms with Gasteiger partial charge in [0.25, 0.3) is 0 Å². The van der Waals surface area contributed by atoms with Crippen LogP contribution in [0.25, 0.3) is 11.1 Å². The summed E-state index contributed by atoms with van der Waals surface area (Å²) in [6.07, 6.45) is 8.10. The van der Waals surface area contributed by atoms with Crippen LogP contribution in [0.3, 0.4) is 0 Å². The Morgan fingerprint density at radius 2 is 1.48 bits per heavy atom. The number of carbonyl (C=O) groups excluding carboxylic acids is 2. The lowest BCUT2D eigenvalue weighted by molar-refractivity contribution is -0.143. The SMILES string of the molecule is C=C(C)C(=O)OCC(COC(=O)C(=C)C(C)O)c1ccc(-c2ccc(C3CCC(C4CC4)CC3)cc2)c(CC)c1. The summed E-state index contributed by atoms with van der Waals surface area (Å²) in [5.74, 6) is 1.13. The van der Waals surface area contributed by atoms with Gasteiger partial charge >= 0.3 is 11.9 Å². The molecule has 214 valence electrons. The van der Waals surface area contributed by atoms with E-state index < -0.39 is 18.0 Å². The maximum absolute atomic E-state index is 12.3. The standard InChI is InChI=1S/C35H44O5/c1-6-25-19-31(32(20-39-34(37)22(2)3)21-40-35(38)23(4)24(5)36)17-18-33(25)30-15-13-29(14-16-30)28-11-9-27(10-12-28)26-7-8-26/h13-19,24,26-28,32,36H,2,4,6-12,20-21H2,1,3,5H3. The summed E-state index contributed by atoms with van der Waals surface area (Å²) in [5.41, 5.74) is 6.19. The van der Waals surface area contributed by atoms with Gasteiger partial charge < -0.3 is 14.6 Å². The summed E-state index contributed by atoms with van der Waals surface area (Å²) in [4.78, 5) is 24.4. The quantitative estimate of drug-likeness (QED) is 0.224. The summed E-state index contributed by atoms with van der Waals surface area (Å²) in [7, 11) is 0. The number of benzene rings is 2. The zero-order valence-electron chi connectivity index (χ0n) is 24.3. The van der Waals surface area contributed by atoms with Crippen LogP contribution in [0.5, 0.6) is 0 Å². The Hall–Kier alpha value is -3.18. The maximum Gasteiger partial charge on any atom is 0.336 e. The Morgan fingerprint density at radius 1 is 0.900 bits per heavy atom. The Kier molecular flexibility index (Phi) is 10.0. The summed E-state index contributed by atoms with van der Waals surface area (Å²) < 4.78 is 10.9. The first-order chi connectivity index (χ1) is 19.2. The van der Waals surface area contributed by atoms with Gasteiger partial charge in [0.15, 0.2) is 0 Å². The van der Waals surface area contributed by atoms with Crippen molar-refractivity contribution >= 4 is 11.9 Å². The molecular weight excluding hydrogens is 500 g/mol. The predicted molar refractivity (Wildman–Crippen MR) is 159 cm³/mol. The fourth-order valence-electron chi connectivity index (χ4n) is 5.85. The van der Waals surface area contributed by atoms with E-state index in [-0.39, 0.29) is 24.7 Å². The van der Waals surface area contributed by atoms with E-state index in [9.17, 15) is 14.7 Å². The van der Waals surface area contributed by atoms with Crippen LogP contribution in [-0.2, 0) is 25.5 Å². The number of aliphatic hydroxyl groups is 1. The van der Waals surface area contributed by atoms with Crippen LogP contribution in [0, 0.1) is 11.8 Å². The highest BCUT2D eigenvalue weighted by molar-refractivity contribution is 5.88. The van der Waals surface area contributed by atoms with Gasteiger partial charge in [-0.1, -0.05) is 62.5 Å². The molecule has 2 aromatic carbocycles. The normalized spacial score (nSPS) is 20.3. The highest BCUT2D eigenvalue weighted by atomic mass is 16.5. The first kappa shape index (κ1) is 29.8. The van der Waals surface area contributed by atoms with Crippen LogP contribution in [-0.4, -0.2) is 36.4 Å². The molecule has 0 heterocycles. The Morgan fingerprint density at radius 3 is 2.00 bits per heavy atom. The summed E-state index contributed by atoms with van der Waals surface area (Å²) in [6.45, 7) is 12.5. The fraction of sp³-hybridized carbons (Fsp3) is 0.486. The van der Waals surface area contributed by atoms with E-state index in [0.717, 1.165) is 23.8 Å². The molecule has 2 aliphatic rings. The molecule has 0 aliphatic heterocycles. The van der Waals surface area contributed by atoms with E-state index in [1.807, 2.05) is 6.07 Å². The molecule has 2 unspecified atom stereocenters. The van der Waals surface area contributed by atoms with Gasteiger partial charge in [-0.3, -0.25) is 0 Å². The van der Waals surface area contributed by atoms with Crippen LogP contribution >= 0.6 is 0 Å². The van der Waals surface area contributed by atoms with Crippen LogP contribution in [0.4, 0.5) is 0 Å². The molecule has 4 rings (SSSR count). The number of carbonyl (C=O) groups is 2. The van der Waals surface area contributed by atoms with E-state index in [0.29, 0.717) is 11.5 Å². The highest BCUT2D eigenvalue weighted by Gasteiger charge is 2.34. The molecule has 0 amide bonds. The van der Waals surface area contributed by atoms with Crippen molar-refractivity contribution in [3.63, 3.8) is 0 Å². The first-order valence-corrected chi connectivity index (χ1v) is 14.8. The third kappa shape index (κ3) is 7.51. The van der Waals surface area contributed by atoms with Gasteiger partial charge in [-0.2, -0.15) is 0 Å². The number of aliphatic hydroxyl groups excluding tert-OH is 1. The molecule has 0 bridgehead atoms. The number of rotatable bonds is 12. The number of ether oxygens (including phenoxy) is 2. The number of esters is 2. The van der Waals surface area contributed by atoms with Crippen LogP contribution in [0.15, 0.2) is 66.8 Å². The largest absolute Gasteiger partial charge is 0.462 e. The second-order valence-corrected chi connectivity index (χ2v) is 11.7. The zero-order valence-corrected chi connectivity index (χ0v) is 24.3. The van der Waals surface area contributed by atoms with Gasteiger partial charge in [-0.25, -0.2) is 9.59 Å². The fourth-order valence-corrected chi connectivity index (χ4v) is 5.85. The maximum atomic E-state index is 12.3. The second kappa shape index (κ2) is 13.5. The Bertz CT molecular complexity index is 1210. The van der Waals surface area contributed by atoms with Crippen molar-refractivity contribution < 1.29 is 24.2 Å². The summed E-state index contributed by atoms with van der Waals surface area (Å²) in [5, 5.41) is 9.66. The van der Waals surface area contributed by atoms with Gasteiger partial charge in [0.05, 0.1) is 17.6 Å². The Labute approximate surface area is 239 Å². The van der Waals surface area contributed by atoms with Crippen LogP contribution in [0.2, 0.25) is 0 Å². The predicted octanol–water partition coefficient (Wildman–Crippen LogP) is 7.28. The molecule has 2 saturated carbocycles. The molecule has 2 aromatic rings. The van der Waals surface area contributed by atoms with Crippen molar-refractivity contribution in [2.45, 2.75) is 83.7 Å². The topological polar surface area (TPSA) is 72.8 Å². The zero-order chi connectivity index (χ0) is 28.8. The van der Waals surface area contributed by atoms with E-state index >= 15 is 0 Å². The lowest BCUT2D eigenvalue weighted by Gasteiger charge is -2.29. The van der Waals surface area contributed by atoms with Gasteiger partial charge in [0.2, 0.25) is 0 Å². The smallest absolute Gasteiger partial charge is 0.336 e. The van der Waals surface area contributed by atoms with Crippen molar-refractivity contribution in [1.82, 2.24) is 0 Å². The van der Waals surface area contributed by atoms with Crippen molar-refractivity contribution in [2.75, 3.05) is 13.2 Å². The molecule has 0 radical (unpaired) electrons. The molecule has 0 aromatic heterocycles. The van der Waals surface area contributed by atoms with E-state index in [2.05, 4.69) is 56.5 Å². The van der Waals surface area contributed by atoms with Gasteiger partial charge in [-0.05, 0) is 104 Å². The number of hydrogen-bond acceptors (Lipinski definition) is 5. The van der Waals surface area contributed by atoms with Gasteiger partial charge in [0.1, 0.15) is 13.2 Å². The molecule has 2 atom stereocenters. The monoisotopic (exact) mass is 544 g/mol. The van der Waals surface area contributed by atoms with Crippen molar-refractivity contribution in [3.8, 4) is 11.1 Å². The van der Waals surface area contributed by atoms with Crippen molar-refractivity contribution in [1.29, 1.82) is 0 Å². The van der Waals surface area contributed by atoms with Crippen molar-refractivity contribution in [3.05, 3.63) is 83.5 Å². The van der Waals surface area contributed by atoms with E-state index in [4.69, 9.17) is 9.47 Å². The van der Waals surface area contributed by atoms with Gasteiger partial charge in [-0.15, -0.1) is 0 Å².